The molecule has 1 aliphatic carbocycles. The second kappa shape index (κ2) is 7.24. The van der Waals surface area contributed by atoms with Crippen molar-refractivity contribution in [3.63, 3.8) is 0 Å². The molecule has 14 heavy (non-hydrogen) atoms. The highest BCUT2D eigenvalue weighted by Crippen LogP contribution is 2.26. The smallest absolute Gasteiger partial charge is 0.0568 e. The van der Waals surface area contributed by atoms with Crippen molar-refractivity contribution >= 4 is 0 Å². The number of aliphatic hydroxyl groups is 1. The number of hydrogen-bond donors (Lipinski definition) is 1. The molecule has 0 spiro atoms. The number of hydrogen-bond acceptors (Lipinski definition) is 2. The molecule has 0 saturated heterocycles. The zero-order chi connectivity index (χ0) is 10.2. The summed E-state index contributed by atoms with van der Waals surface area (Å²) in [5.41, 5.74) is 0. The molecule has 1 fully saturated rings. The van der Waals surface area contributed by atoms with Crippen LogP contribution in [0.1, 0.15) is 51.9 Å². The Bertz CT molecular complexity index is 136. The van der Waals surface area contributed by atoms with Crippen LogP contribution in [0.5, 0.6) is 0 Å². The van der Waals surface area contributed by atoms with Crippen LogP contribution in [-0.4, -0.2) is 24.4 Å². The van der Waals surface area contributed by atoms with E-state index in [1.807, 2.05) is 6.92 Å². The highest BCUT2D eigenvalue weighted by molar-refractivity contribution is 4.72. The standard InChI is InChI=1S/C12H24O2/c1-2-14-10-6-8-11-7-4-3-5-9-12(11)13/h11-13H,2-10H2,1H3. The van der Waals surface area contributed by atoms with E-state index in [2.05, 4.69) is 0 Å². The molecule has 1 rings (SSSR count). The average molecular weight is 200 g/mol. The molecule has 0 heterocycles. The van der Waals surface area contributed by atoms with Gasteiger partial charge in [0, 0.05) is 13.2 Å². The van der Waals surface area contributed by atoms with Crippen molar-refractivity contribution in [2.24, 2.45) is 5.92 Å². The first-order valence-corrected chi connectivity index (χ1v) is 6.10. The van der Waals surface area contributed by atoms with Gasteiger partial charge in [0.05, 0.1) is 6.10 Å². The number of ether oxygens (including phenoxy) is 1. The zero-order valence-corrected chi connectivity index (χ0v) is 9.37. The van der Waals surface area contributed by atoms with E-state index in [-0.39, 0.29) is 6.10 Å². The van der Waals surface area contributed by atoms with Crippen molar-refractivity contribution in [1.82, 2.24) is 0 Å². The summed E-state index contributed by atoms with van der Waals surface area (Å²) in [5.74, 6) is 0.540. The normalized spacial score (nSPS) is 28.7. The van der Waals surface area contributed by atoms with Gasteiger partial charge in [-0.3, -0.25) is 0 Å². The topological polar surface area (TPSA) is 29.5 Å². The van der Waals surface area contributed by atoms with Crippen molar-refractivity contribution in [2.75, 3.05) is 13.2 Å². The van der Waals surface area contributed by atoms with Gasteiger partial charge in [-0.25, -0.2) is 0 Å². The number of rotatable bonds is 5. The molecule has 0 amide bonds. The fourth-order valence-electron chi connectivity index (χ4n) is 2.29. The molecule has 2 atom stereocenters. The van der Waals surface area contributed by atoms with Crippen LogP contribution in [0.2, 0.25) is 0 Å². The van der Waals surface area contributed by atoms with Crippen LogP contribution in [0.4, 0.5) is 0 Å². The van der Waals surface area contributed by atoms with Crippen LogP contribution in [0.15, 0.2) is 0 Å². The lowest BCUT2D eigenvalue weighted by atomic mass is 9.92. The summed E-state index contributed by atoms with van der Waals surface area (Å²) >= 11 is 0. The third kappa shape index (κ3) is 4.43. The maximum Gasteiger partial charge on any atom is 0.0568 e. The fourth-order valence-corrected chi connectivity index (χ4v) is 2.29. The second-order valence-corrected chi connectivity index (χ2v) is 4.30. The van der Waals surface area contributed by atoms with E-state index in [0.717, 1.165) is 32.5 Å². The van der Waals surface area contributed by atoms with Crippen LogP contribution in [0.3, 0.4) is 0 Å². The Hall–Kier alpha value is -0.0800. The zero-order valence-electron chi connectivity index (χ0n) is 9.37. The molecule has 1 N–H and O–H groups in total. The van der Waals surface area contributed by atoms with E-state index in [0.29, 0.717) is 5.92 Å². The van der Waals surface area contributed by atoms with Gasteiger partial charge in [-0.05, 0) is 38.5 Å². The maximum absolute atomic E-state index is 9.86. The van der Waals surface area contributed by atoms with E-state index in [4.69, 9.17) is 4.74 Å². The van der Waals surface area contributed by atoms with Gasteiger partial charge in [0.1, 0.15) is 0 Å². The van der Waals surface area contributed by atoms with Gasteiger partial charge in [0.2, 0.25) is 0 Å². The Kier molecular flexibility index (Phi) is 6.20. The molecule has 1 saturated carbocycles. The van der Waals surface area contributed by atoms with Crippen molar-refractivity contribution in [1.29, 1.82) is 0 Å². The van der Waals surface area contributed by atoms with Crippen LogP contribution < -0.4 is 0 Å². The molecule has 0 bridgehead atoms. The first-order chi connectivity index (χ1) is 6.84. The van der Waals surface area contributed by atoms with Gasteiger partial charge in [0.25, 0.3) is 0 Å². The summed E-state index contributed by atoms with van der Waals surface area (Å²) in [6, 6.07) is 0. The molecular weight excluding hydrogens is 176 g/mol. The Morgan fingerprint density at radius 3 is 2.79 bits per heavy atom. The van der Waals surface area contributed by atoms with Crippen LogP contribution >= 0.6 is 0 Å². The molecule has 84 valence electrons. The van der Waals surface area contributed by atoms with Gasteiger partial charge in [-0.2, -0.15) is 0 Å². The van der Waals surface area contributed by atoms with E-state index in [9.17, 15) is 5.11 Å². The molecule has 0 aromatic heterocycles. The summed E-state index contributed by atoms with van der Waals surface area (Å²) < 4.78 is 5.31. The predicted molar refractivity (Wildman–Crippen MR) is 58.3 cm³/mol. The minimum absolute atomic E-state index is 0.0425. The highest BCUT2D eigenvalue weighted by Gasteiger charge is 2.20. The monoisotopic (exact) mass is 200 g/mol. The third-order valence-electron chi connectivity index (χ3n) is 3.19. The quantitative estimate of drug-likeness (QED) is 0.546. The first-order valence-electron chi connectivity index (χ1n) is 6.10. The van der Waals surface area contributed by atoms with E-state index < -0.39 is 0 Å². The predicted octanol–water partition coefficient (Wildman–Crippen LogP) is 2.74. The lowest BCUT2D eigenvalue weighted by molar-refractivity contribution is 0.0828. The molecule has 0 aromatic rings. The maximum atomic E-state index is 9.86. The molecule has 2 heteroatoms. The van der Waals surface area contributed by atoms with Crippen molar-refractivity contribution in [3.8, 4) is 0 Å². The van der Waals surface area contributed by atoms with Gasteiger partial charge < -0.3 is 9.84 Å². The molecule has 2 unspecified atom stereocenters. The molecule has 1 aliphatic rings. The lowest BCUT2D eigenvalue weighted by Gasteiger charge is -2.19. The molecule has 0 aromatic carbocycles. The molecular formula is C12H24O2. The van der Waals surface area contributed by atoms with E-state index in [1.54, 1.807) is 0 Å². The second-order valence-electron chi connectivity index (χ2n) is 4.30. The van der Waals surface area contributed by atoms with Crippen LogP contribution in [0.25, 0.3) is 0 Å². The SMILES string of the molecule is CCOCCCC1CCCCCC1O. The highest BCUT2D eigenvalue weighted by atomic mass is 16.5. The summed E-state index contributed by atoms with van der Waals surface area (Å²) in [4.78, 5) is 0. The summed E-state index contributed by atoms with van der Waals surface area (Å²) in [6.07, 6.45) is 8.25. The Labute approximate surface area is 87.7 Å². The largest absolute Gasteiger partial charge is 0.393 e. The first kappa shape index (κ1) is 12.0. The Morgan fingerprint density at radius 2 is 2.00 bits per heavy atom. The van der Waals surface area contributed by atoms with E-state index in [1.165, 1.54) is 25.7 Å². The fraction of sp³-hybridized carbons (Fsp3) is 1.00. The minimum atomic E-state index is -0.0425. The third-order valence-corrected chi connectivity index (χ3v) is 3.19. The van der Waals surface area contributed by atoms with E-state index >= 15 is 0 Å². The molecule has 2 nitrogen and oxygen atoms in total. The van der Waals surface area contributed by atoms with Gasteiger partial charge in [0.15, 0.2) is 0 Å². The average Bonchev–Trinajstić information content (AvgIpc) is 2.39. The van der Waals surface area contributed by atoms with Crippen molar-refractivity contribution in [3.05, 3.63) is 0 Å². The number of aliphatic hydroxyl groups excluding tert-OH is 1. The molecule has 0 aliphatic heterocycles. The van der Waals surface area contributed by atoms with Crippen molar-refractivity contribution < 1.29 is 9.84 Å². The van der Waals surface area contributed by atoms with Gasteiger partial charge in [-0.15, -0.1) is 0 Å². The van der Waals surface area contributed by atoms with Crippen molar-refractivity contribution in [2.45, 2.75) is 58.0 Å². The summed E-state index contributed by atoms with van der Waals surface area (Å²) in [5, 5.41) is 9.86. The Balaban J connectivity index is 2.13. The minimum Gasteiger partial charge on any atom is -0.393 e. The molecule has 0 radical (unpaired) electrons. The van der Waals surface area contributed by atoms with Crippen LogP contribution in [-0.2, 0) is 4.74 Å². The van der Waals surface area contributed by atoms with Gasteiger partial charge in [-0.1, -0.05) is 19.3 Å². The Morgan fingerprint density at radius 1 is 1.21 bits per heavy atom. The van der Waals surface area contributed by atoms with Crippen LogP contribution in [0, 0.1) is 5.92 Å². The summed E-state index contributed by atoms with van der Waals surface area (Å²) in [7, 11) is 0. The lowest BCUT2D eigenvalue weighted by Crippen LogP contribution is -2.19. The van der Waals surface area contributed by atoms with Gasteiger partial charge >= 0.3 is 0 Å². The summed E-state index contributed by atoms with van der Waals surface area (Å²) in [6.45, 7) is 3.70.